The van der Waals surface area contributed by atoms with Crippen LogP contribution in [-0.4, -0.2) is 66.4 Å². The lowest BCUT2D eigenvalue weighted by Crippen LogP contribution is -2.51. The highest BCUT2D eigenvalue weighted by Crippen LogP contribution is 2.13. The first-order valence-corrected chi connectivity index (χ1v) is 9.21. The van der Waals surface area contributed by atoms with Gasteiger partial charge in [-0.2, -0.15) is 4.98 Å². The fourth-order valence-corrected chi connectivity index (χ4v) is 2.96. The molecule has 1 unspecified atom stereocenters. The second-order valence-electron chi connectivity index (χ2n) is 6.74. The Bertz CT molecular complexity index is 525. The molecule has 1 aliphatic rings. The van der Waals surface area contributed by atoms with Gasteiger partial charge in [0, 0.05) is 39.1 Å². The van der Waals surface area contributed by atoms with E-state index in [1.807, 2.05) is 0 Å². The second-order valence-corrected chi connectivity index (χ2v) is 6.74. The van der Waals surface area contributed by atoms with Gasteiger partial charge in [0.1, 0.15) is 6.54 Å². The van der Waals surface area contributed by atoms with E-state index in [2.05, 4.69) is 51.4 Å². The third-order valence-corrected chi connectivity index (χ3v) is 4.10. The number of nitrogens with one attached hydrogen (secondary N) is 2. The molecule has 1 saturated heterocycles. The minimum atomic E-state index is 0.402. The Morgan fingerprint density at radius 3 is 2.64 bits per heavy atom. The van der Waals surface area contributed by atoms with E-state index in [9.17, 15) is 0 Å². The van der Waals surface area contributed by atoms with Crippen molar-refractivity contribution in [2.75, 3.05) is 39.4 Å². The SMILES string of the molecule is CCNC(=NCc1noc(C)n1)NCC(CC(C)C)N1CCOCC1. The summed E-state index contributed by atoms with van der Waals surface area (Å²) in [5.41, 5.74) is 0. The van der Waals surface area contributed by atoms with E-state index in [0.29, 0.717) is 30.2 Å². The number of nitrogens with zero attached hydrogens (tertiary/aromatic N) is 4. The van der Waals surface area contributed by atoms with Gasteiger partial charge in [-0.05, 0) is 19.3 Å². The van der Waals surface area contributed by atoms with E-state index in [1.54, 1.807) is 6.92 Å². The number of aryl methyl sites for hydroxylation is 1. The molecular weight excluding hydrogens is 320 g/mol. The number of morpholine rings is 1. The van der Waals surface area contributed by atoms with Crippen LogP contribution in [0.1, 0.15) is 38.9 Å². The molecule has 8 heteroatoms. The number of aromatic nitrogens is 2. The van der Waals surface area contributed by atoms with E-state index in [4.69, 9.17) is 9.26 Å². The van der Waals surface area contributed by atoms with Crippen LogP contribution in [0.4, 0.5) is 0 Å². The molecule has 0 spiro atoms. The summed E-state index contributed by atoms with van der Waals surface area (Å²) in [7, 11) is 0. The van der Waals surface area contributed by atoms with Crippen LogP contribution in [0.25, 0.3) is 0 Å². The molecule has 1 aromatic rings. The van der Waals surface area contributed by atoms with Gasteiger partial charge >= 0.3 is 0 Å². The van der Waals surface area contributed by atoms with Gasteiger partial charge in [-0.1, -0.05) is 19.0 Å². The highest BCUT2D eigenvalue weighted by molar-refractivity contribution is 5.79. The van der Waals surface area contributed by atoms with E-state index in [0.717, 1.165) is 51.8 Å². The Morgan fingerprint density at radius 1 is 1.28 bits per heavy atom. The molecule has 0 radical (unpaired) electrons. The Balaban J connectivity index is 1.93. The molecule has 2 N–H and O–H groups in total. The van der Waals surface area contributed by atoms with E-state index in [-0.39, 0.29) is 0 Å². The average Bonchev–Trinajstić information content (AvgIpc) is 3.02. The summed E-state index contributed by atoms with van der Waals surface area (Å²) in [6.07, 6.45) is 1.15. The number of ether oxygens (including phenoxy) is 1. The van der Waals surface area contributed by atoms with Crippen molar-refractivity contribution in [1.82, 2.24) is 25.7 Å². The van der Waals surface area contributed by atoms with Crippen LogP contribution in [0.5, 0.6) is 0 Å². The topological polar surface area (TPSA) is 87.8 Å². The highest BCUT2D eigenvalue weighted by atomic mass is 16.5. The lowest BCUT2D eigenvalue weighted by molar-refractivity contribution is 0.0132. The number of hydrogen-bond donors (Lipinski definition) is 2. The van der Waals surface area contributed by atoms with Crippen molar-refractivity contribution >= 4 is 5.96 Å². The smallest absolute Gasteiger partial charge is 0.223 e. The molecule has 0 saturated carbocycles. The second kappa shape index (κ2) is 10.4. The maximum atomic E-state index is 5.49. The predicted octanol–water partition coefficient (Wildman–Crippen LogP) is 1.18. The fraction of sp³-hybridized carbons (Fsp3) is 0.824. The fourth-order valence-electron chi connectivity index (χ4n) is 2.96. The van der Waals surface area contributed by atoms with E-state index in [1.165, 1.54) is 0 Å². The zero-order chi connectivity index (χ0) is 18.1. The van der Waals surface area contributed by atoms with Crippen molar-refractivity contribution in [2.24, 2.45) is 10.9 Å². The number of rotatable bonds is 8. The van der Waals surface area contributed by atoms with Crippen LogP contribution in [0.3, 0.4) is 0 Å². The number of guanidine groups is 1. The van der Waals surface area contributed by atoms with Gasteiger partial charge < -0.3 is 19.9 Å². The largest absolute Gasteiger partial charge is 0.379 e. The minimum absolute atomic E-state index is 0.402. The van der Waals surface area contributed by atoms with Gasteiger partial charge in [-0.15, -0.1) is 0 Å². The van der Waals surface area contributed by atoms with Crippen LogP contribution in [-0.2, 0) is 11.3 Å². The average molecular weight is 352 g/mol. The first kappa shape index (κ1) is 19.7. The quantitative estimate of drug-likeness (QED) is 0.536. The predicted molar refractivity (Wildman–Crippen MR) is 97.5 cm³/mol. The summed E-state index contributed by atoms with van der Waals surface area (Å²) < 4.78 is 10.5. The van der Waals surface area contributed by atoms with Gasteiger partial charge in [-0.25, -0.2) is 4.99 Å². The van der Waals surface area contributed by atoms with Crippen molar-refractivity contribution < 1.29 is 9.26 Å². The Hall–Kier alpha value is -1.67. The lowest BCUT2D eigenvalue weighted by atomic mass is 10.0. The molecule has 0 aromatic carbocycles. The van der Waals surface area contributed by atoms with Gasteiger partial charge in [-0.3, -0.25) is 4.90 Å². The van der Waals surface area contributed by atoms with Crippen molar-refractivity contribution in [3.63, 3.8) is 0 Å². The summed E-state index contributed by atoms with van der Waals surface area (Å²) in [5.74, 6) is 2.59. The normalized spacial score (nSPS) is 17.7. The summed E-state index contributed by atoms with van der Waals surface area (Å²) in [6.45, 7) is 14.1. The molecule has 1 fully saturated rings. The molecule has 0 bridgehead atoms. The summed E-state index contributed by atoms with van der Waals surface area (Å²) in [5, 5.41) is 10.6. The maximum absolute atomic E-state index is 5.49. The van der Waals surface area contributed by atoms with Gasteiger partial charge in [0.25, 0.3) is 0 Å². The Kier molecular flexibility index (Phi) is 8.14. The zero-order valence-corrected chi connectivity index (χ0v) is 15.9. The van der Waals surface area contributed by atoms with Crippen molar-refractivity contribution in [1.29, 1.82) is 0 Å². The molecular formula is C17H32N6O2. The van der Waals surface area contributed by atoms with E-state index < -0.39 is 0 Å². The van der Waals surface area contributed by atoms with Crippen LogP contribution in [0.2, 0.25) is 0 Å². The van der Waals surface area contributed by atoms with Crippen molar-refractivity contribution in [3.8, 4) is 0 Å². The molecule has 0 aliphatic carbocycles. The Labute approximate surface area is 150 Å². The van der Waals surface area contributed by atoms with Crippen LogP contribution < -0.4 is 10.6 Å². The maximum Gasteiger partial charge on any atom is 0.223 e. The van der Waals surface area contributed by atoms with Gasteiger partial charge in [0.15, 0.2) is 11.8 Å². The molecule has 2 heterocycles. The molecule has 0 amide bonds. The van der Waals surface area contributed by atoms with Crippen molar-refractivity contribution in [2.45, 2.75) is 46.7 Å². The molecule has 142 valence electrons. The van der Waals surface area contributed by atoms with Gasteiger partial charge in [0.2, 0.25) is 5.89 Å². The number of hydrogen-bond acceptors (Lipinski definition) is 6. The monoisotopic (exact) mass is 352 g/mol. The Morgan fingerprint density at radius 2 is 2.04 bits per heavy atom. The molecule has 2 rings (SSSR count). The van der Waals surface area contributed by atoms with Crippen LogP contribution in [0, 0.1) is 12.8 Å². The minimum Gasteiger partial charge on any atom is -0.379 e. The molecule has 1 aliphatic heterocycles. The molecule has 8 nitrogen and oxygen atoms in total. The summed E-state index contributed by atoms with van der Waals surface area (Å²) in [4.78, 5) is 11.3. The first-order chi connectivity index (χ1) is 12.1. The highest BCUT2D eigenvalue weighted by Gasteiger charge is 2.22. The zero-order valence-electron chi connectivity index (χ0n) is 15.9. The van der Waals surface area contributed by atoms with Gasteiger partial charge in [0.05, 0.1) is 13.2 Å². The van der Waals surface area contributed by atoms with Crippen molar-refractivity contribution in [3.05, 3.63) is 11.7 Å². The third-order valence-electron chi connectivity index (χ3n) is 4.10. The third kappa shape index (κ3) is 6.99. The van der Waals surface area contributed by atoms with Crippen LogP contribution >= 0.6 is 0 Å². The summed E-state index contributed by atoms with van der Waals surface area (Å²) in [6, 6.07) is 0.472. The summed E-state index contributed by atoms with van der Waals surface area (Å²) >= 11 is 0. The molecule has 1 aromatic heterocycles. The molecule has 1 atom stereocenters. The number of aliphatic imine (C=N–C) groups is 1. The first-order valence-electron chi connectivity index (χ1n) is 9.21. The standard InChI is InChI=1S/C17H32N6O2/c1-5-18-17(20-12-16-21-14(4)25-22-16)19-11-15(10-13(2)3)23-6-8-24-9-7-23/h13,15H,5-12H2,1-4H3,(H2,18,19,20). The van der Waals surface area contributed by atoms with E-state index >= 15 is 0 Å². The molecule has 25 heavy (non-hydrogen) atoms. The lowest BCUT2D eigenvalue weighted by Gasteiger charge is -2.35. The van der Waals surface area contributed by atoms with Crippen LogP contribution in [0.15, 0.2) is 9.52 Å².